The summed E-state index contributed by atoms with van der Waals surface area (Å²) in [7, 11) is -8.65. The molecule has 11 heteroatoms. The number of rotatable bonds is 4. The van der Waals surface area contributed by atoms with Gasteiger partial charge < -0.3 is 9.11 Å². The summed E-state index contributed by atoms with van der Waals surface area (Å²) in [6, 6.07) is 0. The second kappa shape index (κ2) is 8.72. The van der Waals surface area contributed by atoms with Gasteiger partial charge in [-0.1, -0.05) is 0 Å². The summed E-state index contributed by atoms with van der Waals surface area (Å²) in [6.45, 7) is 2.10. The summed E-state index contributed by atoms with van der Waals surface area (Å²) in [6.07, 6.45) is 0. The monoisotopic (exact) mass is 337 g/mol. The first-order chi connectivity index (χ1) is 6.83. The van der Waals surface area contributed by atoms with E-state index in [-0.39, 0.29) is 17.1 Å². The van der Waals surface area contributed by atoms with Crippen LogP contribution in [0, 0.1) is 0 Å². The first-order valence-corrected chi connectivity index (χ1v) is 6.85. The van der Waals surface area contributed by atoms with Crippen molar-refractivity contribution in [3.63, 3.8) is 0 Å². The third-order valence-electron chi connectivity index (χ3n) is 0.760. The molecule has 0 heterocycles. The molecule has 0 saturated carbocycles. The fourth-order valence-corrected chi connectivity index (χ4v) is 1.49. The van der Waals surface area contributed by atoms with Gasteiger partial charge in [0.05, 0.1) is 11.5 Å². The van der Waals surface area contributed by atoms with Crippen LogP contribution in [-0.4, -0.2) is 49.0 Å². The molecule has 0 N–H and O–H groups in total. The normalized spacial score (nSPS) is 10.6. The molecule has 0 aliphatic carbocycles. The van der Waals surface area contributed by atoms with Crippen LogP contribution in [0.4, 0.5) is 0 Å². The molecule has 0 bridgehead atoms. The number of hydrogen-bond donors (Lipinski definition) is 0. The van der Waals surface area contributed by atoms with Gasteiger partial charge in [0, 0.05) is 0 Å². The van der Waals surface area contributed by atoms with Gasteiger partial charge in [-0.2, -0.15) is 0 Å². The zero-order valence-corrected chi connectivity index (χ0v) is 11.4. The van der Waals surface area contributed by atoms with Gasteiger partial charge in [0.15, 0.2) is 0 Å². The summed E-state index contributed by atoms with van der Waals surface area (Å²) in [5, 5.41) is 0. The molecule has 8 nitrogen and oxygen atoms in total. The van der Waals surface area contributed by atoms with E-state index in [0.717, 1.165) is 13.8 Å². The van der Waals surface area contributed by atoms with Crippen molar-refractivity contribution in [3.8, 4) is 0 Å². The molecule has 0 unspecified atom stereocenters. The van der Waals surface area contributed by atoms with Crippen LogP contribution < -0.4 is 0 Å². The SMILES string of the molecule is CC(=O)CS(=O)(=O)[O-].CC(=O)CS(=O)(=O)[O-].[Cu+2]. The molecular weight excluding hydrogens is 328 g/mol. The van der Waals surface area contributed by atoms with E-state index in [0.29, 0.717) is 0 Å². The third-order valence-corrected chi connectivity index (χ3v) is 2.28. The van der Waals surface area contributed by atoms with Crippen molar-refractivity contribution in [2.24, 2.45) is 0 Å². The topological polar surface area (TPSA) is 149 Å². The second-order valence-electron chi connectivity index (χ2n) is 2.81. The first kappa shape index (κ1) is 21.9. The smallest absolute Gasteiger partial charge is 0.748 e. The van der Waals surface area contributed by atoms with E-state index >= 15 is 0 Å². The van der Waals surface area contributed by atoms with Crippen molar-refractivity contribution < 1.29 is 52.6 Å². The summed E-state index contributed by atoms with van der Waals surface area (Å²) in [5.74, 6) is -3.04. The Hall–Kier alpha value is -0.321. The molecule has 0 aliphatic rings. The maximum atomic E-state index is 9.88. The summed E-state index contributed by atoms with van der Waals surface area (Å²) >= 11 is 0. The zero-order chi connectivity index (χ0) is 13.6. The van der Waals surface area contributed by atoms with E-state index in [9.17, 15) is 35.5 Å². The fraction of sp³-hybridized carbons (Fsp3) is 0.667. The van der Waals surface area contributed by atoms with Gasteiger partial charge in [0.2, 0.25) is 0 Å². The second-order valence-corrected chi connectivity index (χ2v) is 5.62. The van der Waals surface area contributed by atoms with Crippen LogP contribution in [0.1, 0.15) is 13.8 Å². The molecule has 0 atom stereocenters. The number of ketones is 2. The summed E-state index contributed by atoms with van der Waals surface area (Å²) < 4.78 is 58.0. The van der Waals surface area contributed by atoms with Crippen molar-refractivity contribution in [1.29, 1.82) is 0 Å². The molecule has 0 fully saturated rings. The average molecular weight is 338 g/mol. The summed E-state index contributed by atoms with van der Waals surface area (Å²) in [5.41, 5.74) is 0. The maximum absolute atomic E-state index is 9.88. The summed E-state index contributed by atoms with van der Waals surface area (Å²) in [4.78, 5) is 19.8. The van der Waals surface area contributed by atoms with Gasteiger partial charge in [-0.3, -0.25) is 9.59 Å². The van der Waals surface area contributed by atoms with Crippen LogP contribution in [0.3, 0.4) is 0 Å². The molecule has 0 aliphatic heterocycles. The molecule has 0 aromatic rings. The standard InChI is InChI=1S/2C3H6O4S.Cu/c2*1-3(4)2-8(5,6)7;/h2*2H2,1H3,(H,5,6,7);/q;;+2/p-2. The number of Topliss-reactive ketones (excluding diaryl/α,β-unsaturated/α-hetero) is 2. The van der Waals surface area contributed by atoms with Gasteiger partial charge in [-0.15, -0.1) is 0 Å². The van der Waals surface area contributed by atoms with Crippen molar-refractivity contribution in [2.45, 2.75) is 13.8 Å². The van der Waals surface area contributed by atoms with Crippen molar-refractivity contribution in [2.75, 3.05) is 11.5 Å². The average Bonchev–Trinajstić information content (AvgIpc) is 1.72. The molecule has 0 rings (SSSR count). The molecule has 0 aromatic heterocycles. The Balaban J connectivity index is -0.000000218. The quantitative estimate of drug-likeness (QED) is 0.432. The molecule has 0 spiro atoms. The van der Waals surface area contributed by atoms with Crippen LogP contribution in [0.5, 0.6) is 0 Å². The minimum absolute atomic E-state index is 0. The fourth-order valence-electron chi connectivity index (χ4n) is 0.498. The van der Waals surface area contributed by atoms with E-state index in [1.165, 1.54) is 0 Å². The van der Waals surface area contributed by atoms with Crippen LogP contribution in [0.25, 0.3) is 0 Å². The number of carbonyl (C=O) groups is 2. The Labute approximate surface area is 110 Å². The number of carbonyl (C=O) groups excluding carboxylic acids is 2. The molecule has 105 valence electrons. The van der Waals surface area contributed by atoms with E-state index in [4.69, 9.17) is 0 Å². The maximum Gasteiger partial charge on any atom is 2.00 e. The predicted octanol–water partition coefficient (Wildman–Crippen LogP) is -1.76. The van der Waals surface area contributed by atoms with E-state index in [2.05, 4.69) is 0 Å². The van der Waals surface area contributed by atoms with Gasteiger partial charge in [0.25, 0.3) is 0 Å². The Bertz CT molecular complexity index is 404. The zero-order valence-electron chi connectivity index (χ0n) is 8.80. The Morgan fingerprint density at radius 3 is 1.00 bits per heavy atom. The third kappa shape index (κ3) is 31.3. The Kier molecular flexibility index (Phi) is 11.2. The number of hydrogen-bond acceptors (Lipinski definition) is 8. The van der Waals surface area contributed by atoms with Crippen molar-refractivity contribution in [1.82, 2.24) is 0 Å². The Morgan fingerprint density at radius 2 is 1.00 bits per heavy atom. The molecule has 17 heavy (non-hydrogen) atoms. The van der Waals surface area contributed by atoms with Crippen molar-refractivity contribution in [3.05, 3.63) is 0 Å². The molecular formula is C6H10CuO8S2. The minimum Gasteiger partial charge on any atom is -0.748 e. The first-order valence-electron chi connectivity index (χ1n) is 3.69. The van der Waals surface area contributed by atoms with E-state index in [1.807, 2.05) is 0 Å². The predicted molar refractivity (Wildman–Crippen MR) is 50.5 cm³/mol. The van der Waals surface area contributed by atoms with Gasteiger partial charge >= 0.3 is 17.1 Å². The van der Waals surface area contributed by atoms with Gasteiger partial charge in [-0.05, 0) is 13.8 Å². The minimum atomic E-state index is -4.32. The van der Waals surface area contributed by atoms with Gasteiger partial charge in [0.1, 0.15) is 31.8 Å². The van der Waals surface area contributed by atoms with Crippen LogP contribution >= 0.6 is 0 Å². The van der Waals surface area contributed by atoms with Crippen molar-refractivity contribution >= 4 is 31.8 Å². The Morgan fingerprint density at radius 1 is 0.824 bits per heavy atom. The largest absolute Gasteiger partial charge is 2.00 e. The van der Waals surface area contributed by atoms with Crippen LogP contribution in [0.15, 0.2) is 0 Å². The molecule has 0 saturated heterocycles. The molecule has 0 aromatic carbocycles. The van der Waals surface area contributed by atoms with Crippen LogP contribution in [0.2, 0.25) is 0 Å². The van der Waals surface area contributed by atoms with Gasteiger partial charge in [-0.25, -0.2) is 16.8 Å². The van der Waals surface area contributed by atoms with E-state index < -0.39 is 43.3 Å². The van der Waals surface area contributed by atoms with E-state index in [1.54, 1.807) is 0 Å². The molecule has 0 amide bonds. The van der Waals surface area contributed by atoms with Crippen LogP contribution in [-0.2, 0) is 46.9 Å². The molecule has 1 radical (unpaired) electrons.